The zero-order valence-corrected chi connectivity index (χ0v) is 35.7. The number of carbonyl (C=O) groups excluding carboxylic acids is 5. The summed E-state index contributed by atoms with van der Waals surface area (Å²) < 4.78 is 31.2. The predicted molar refractivity (Wildman–Crippen MR) is 232 cm³/mol. The van der Waals surface area contributed by atoms with Crippen LogP contribution >= 0.6 is 12.6 Å². The third-order valence-corrected chi connectivity index (χ3v) is 10.7. The molecule has 3 heterocycles. The molecule has 2 aromatic carbocycles. The maximum absolute atomic E-state index is 14.5. The van der Waals surface area contributed by atoms with Crippen LogP contribution in [0, 0.1) is 17.7 Å². The number of anilines is 1. The van der Waals surface area contributed by atoms with Crippen LogP contribution in [0.5, 0.6) is 5.75 Å². The number of allylic oxidation sites excluding steroid dienone is 1. The van der Waals surface area contributed by atoms with Gasteiger partial charge < -0.3 is 46.3 Å². The highest BCUT2D eigenvalue weighted by Gasteiger charge is 2.45. The highest BCUT2D eigenvalue weighted by molar-refractivity contribution is 7.84. The molecule has 8 N–H and O–H groups in total. The van der Waals surface area contributed by atoms with E-state index >= 15 is 0 Å². The van der Waals surface area contributed by atoms with Crippen molar-refractivity contribution in [2.75, 3.05) is 84.2 Å². The van der Waals surface area contributed by atoms with E-state index in [0.29, 0.717) is 95.1 Å². The van der Waals surface area contributed by atoms with Crippen LogP contribution in [0.2, 0.25) is 0 Å². The van der Waals surface area contributed by atoms with E-state index in [4.69, 9.17) is 30.8 Å². The van der Waals surface area contributed by atoms with Crippen molar-refractivity contribution >= 4 is 53.8 Å². The number of aliphatic carboxylic acids is 1. The molecule has 0 aliphatic carbocycles. The lowest BCUT2D eigenvalue weighted by Crippen LogP contribution is -2.54. The lowest BCUT2D eigenvalue weighted by Gasteiger charge is -2.33. The van der Waals surface area contributed by atoms with Crippen molar-refractivity contribution in [3.63, 3.8) is 0 Å². The monoisotopic (exact) mass is 892 g/mol. The second-order valence-corrected chi connectivity index (χ2v) is 15.3. The van der Waals surface area contributed by atoms with Crippen molar-refractivity contribution in [3.05, 3.63) is 81.4 Å². The first-order chi connectivity index (χ1) is 30.3. The number of hydrogen-bond donors (Lipinski definition) is 7. The number of thiol groups is 1. The SMILES string of the molecule is N/C(=C\NCCCC(=O)N1CCN(CC#Cc2ccc(OCCC/C(S)=C(/N)C(=O)O)c(F)c2)CC1)COCCOCCNc1cccc2c1C(=O)N(C1CCC(=O)NC1=O)C2=O. The number of carboxylic acids is 1. The molecule has 2 fully saturated rings. The quantitative estimate of drug-likeness (QED) is 0.0290. The fourth-order valence-electron chi connectivity index (χ4n) is 6.86. The predicted octanol–water partition coefficient (Wildman–Crippen LogP) is 1.38. The van der Waals surface area contributed by atoms with Crippen molar-refractivity contribution in [3.8, 4) is 17.6 Å². The number of nitrogens with one attached hydrogen (secondary N) is 3. The summed E-state index contributed by atoms with van der Waals surface area (Å²) in [6.07, 6.45) is 3.50. The number of hydrogen-bond acceptors (Lipinski definition) is 15. The van der Waals surface area contributed by atoms with Gasteiger partial charge in [-0.15, -0.1) is 12.6 Å². The van der Waals surface area contributed by atoms with Gasteiger partial charge in [-0.25, -0.2) is 9.18 Å². The zero-order valence-electron chi connectivity index (χ0n) is 34.8. The molecule has 3 aliphatic heterocycles. The average molecular weight is 893 g/mol. The summed E-state index contributed by atoms with van der Waals surface area (Å²) in [5.41, 5.74) is 12.9. The topological polar surface area (TPSA) is 248 Å². The van der Waals surface area contributed by atoms with Gasteiger partial charge in [0.25, 0.3) is 11.8 Å². The van der Waals surface area contributed by atoms with E-state index in [9.17, 15) is 33.2 Å². The smallest absolute Gasteiger partial charge is 0.352 e. The molecule has 1 unspecified atom stereocenters. The van der Waals surface area contributed by atoms with Crippen LogP contribution in [0.4, 0.5) is 10.1 Å². The van der Waals surface area contributed by atoms with Gasteiger partial charge in [0.05, 0.1) is 56.4 Å². The molecule has 338 valence electrons. The van der Waals surface area contributed by atoms with E-state index < -0.39 is 41.5 Å². The number of fused-ring (bicyclic) bond motifs is 1. The van der Waals surface area contributed by atoms with Crippen LogP contribution in [-0.2, 0) is 28.7 Å². The summed E-state index contributed by atoms with van der Waals surface area (Å²) in [6.45, 7) is 5.14. The van der Waals surface area contributed by atoms with Crippen molar-refractivity contribution in [1.29, 1.82) is 0 Å². The number of piperidine rings is 1. The minimum absolute atomic E-state index is 0.0455. The van der Waals surface area contributed by atoms with E-state index in [1.807, 2.05) is 4.90 Å². The van der Waals surface area contributed by atoms with Crippen molar-refractivity contribution < 1.29 is 52.5 Å². The minimum atomic E-state index is -1.24. The largest absolute Gasteiger partial charge is 0.491 e. The number of rotatable bonds is 22. The number of nitrogens with two attached hydrogens (primary N) is 2. The Morgan fingerprint density at radius 3 is 2.49 bits per heavy atom. The van der Waals surface area contributed by atoms with E-state index in [-0.39, 0.29) is 72.7 Å². The molecule has 1 atom stereocenters. The lowest BCUT2D eigenvalue weighted by atomic mass is 10.0. The first kappa shape index (κ1) is 47.9. The number of nitrogens with zero attached hydrogens (tertiary/aromatic N) is 3. The molecule has 0 radical (unpaired) electrons. The molecule has 3 aliphatic rings. The summed E-state index contributed by atoms with van der Waals surface area (Å²) in [7, 11) is 0. The van der Waals surface area contributed by atoms with Gasteiger partial charge in [-0.05, 0) is 56.0 Å². The van der Waals surface area contributed by atoms with Crippen LogP contribution in [0.1, 0.15) is 64.8 Å². The summed E-state index contributed by atoms with van der Waals surface area (Å²) in [4.78, 5) is 78.9. The molecule has 63 heavy (non-hydrogen) atoms. The molecule has 0 spiro atoms. The molecule has 5 amide bonds. The van der Waals surface area contributed by atoms with E-state index in [1.165, 1.54) is 18.2 Å². The summed E-state index contributed by atoms with van der Waals surface area (Å²) in [6, 6.07) is 8.30. The van der Waals surface area contributed by atoms with Gasteiger partial charge in [-0.3, -0.25) is 39.1 Å². The Bertz CT molecular complexity index is 2150. The molecule has 18 nitrogen and oxygen atoms in total. The number of carbonyl (C=O) groups is 6. The third-order valence-electron chi connectivity index (χ3n) is 10.2. The van der Waals surface area contributed by atoms with Crippen LogP contribution < -0.4 is 32.2 Å². The lowest BCUT2D eigenvalue weighted by molar-refractivity contribution is -0.136. The number of piperazine rings is 1. The van der Waals surface area contributed by atoms with Gasteiger partial charge >= 0.3 is 5.97 Å². The zero-order chi connectivity index (χ0) is 45.3. The molecule has 0 aromatic heterocycles. The summed E-state index contributed by atoms with van der Waals surface area (Å²) >= 11 is 4.08. The summed E-state index contributed by atoms with van der Waals surface area (Å²) in [5.74, 6) is 2.15. The Hall–Kier alpha value is -6.14. The average Bonchev–Trinajstić information content (AvgIpc) is 3.52. The van der Waals surface area contributed by atoms with Gasteiger partial charge in [-0.2, -0.15) is 0 Å². The van der Waals surface area contributed by atoms with Gasteiger partial charge in [0, 0.05) is 74.5 Å². The normalized spacial score (nSPS) is 17.1. The molecule has 20 heteroatoms. The second kappa shape index (κ2) is 23.9. The summed E-state index contributed by atoms with van der Waals surface area (Å²) in [5, 5.41) is 17.3. The maximum atomic E-state index is 14.5. The molecular weight excluding hydrogens is 840 g/mol. The number of amides is 5. The van der Waals surface area contributed by atoms with Gasteiger partial charge in [-0.1, -0.05) is 17.9 Å². The van der Waals surface area contributed by atoms with Crippen molar-refractivity contribution in [2.45, 2.75) is 44.6 Å². The maximum Gasteiger partial charge on any atom is 0.352 e. The number of benzene rings is 2. The van der Waals surface area contributed by atoms with Gasteiger partial charge in [0.1, 0.15) is 11.7 Å². The molecule has 0 saturated carbocycles. The highest BCUT2D eigenvalue weighted by Crippen LogP contribution is 2.32. The van der Waals surface area contributed by atoms with Gasteiger partial charge in [0.2, 0.25) is 17.7 Å². The molecule has 2 saturated heterocycles. The molecule has 5 rings (SSSR count). The number of carboxylic acid groups (broad SMARTS) is 1. The van der Waals surface area contributed by atoms with Crippen LogP contribution in [0.15, 0.2) is 58.9 Å². The molecule has 0 bridgehead atoms. The number of halogens is 1. The molecular formula is C43H53FN8O10S. The first-order valence-electron chi connectivity index (χ1n) is 20.6. The third kappa shape index (κ3) is 13.9. The van der Waals surface area contributed by atoms with Crippen LogP contribution in [-0.4, -0.2) is 140 Å². The van der Waals surface area contributed by atoms with E-state index in [2.05, 4.69) is 45.3 Å². The van der Waals surface area contributed by atoms with Crippen LogP contribution in [0.25, 0.3) is 0 Å². The Labute approximate surface area is 369 Å². The van der Waals surface area contributed by atoms with Crippen molar-refractivity contribution in [2.24, 2.45) is 11.5 Å². The Kier molecular flexibility index (Phi) is 18.2. The highest BCUT2D eigenvalue weighted by atomic mass is 32.1. The van der Waals surface area contributed by atoms with Crippen LogP contribution in [0.3, 0.4) is 0 Å². The Balaban J connectivity index is 0.874. The fourth-order valence-corrected chi connectivity index (χ4v) is 7.11. The number of imide groups is 2. The Morgan fingerprint density at radius 1 is 0.968 bits per heavy atom. The second-order valence-electron chi connectivity index (χ2n) is 14.8. The molecule has 2 aromatic rings. The van der Waals surface area contributed by atoms with E-state index in [0.717, 1.165) is 4.90 Å². The van der Waals surface area contributed by atoms with Crippen molar-refractivity contribution in [1.82, 2.24) is 25.3 Å². The minimum Gasteiger partial charge on any atom is -0.491 e. The van der Waals surface area contributed by atoms with E-state index in [1.54, 1.807) is 24.4 Å². The first-order valence-corrected chi connectivity index (χ1v) is 21.0. The number of ether oxygens (including phenoxy) is 3. The van der Waals surface area contributed by atoms with Gasteiger partial charge in [0.15, 0.2) is 11.6 Å². The Morgan fingerprint density at radius 2 is 1.75 bits per heavy atom. The fraction of sp³-hybridized carbons (Fsp3) is 0.442. The standard InChI is InChI=1S/C43H53FN8O10S/c44-31-25-28(10-12-34(31)62-21-4-8-35(63)39(46)43(58)59)5-3-16-50-17-19-51(20-18-50)37(54)9-2-14-47-26-29(45)27-61-24-23-60-22-15-48-32-7-1-6-30-38(32)42(57)52(41(30)56)33-11-13-36(53)49-40(33)55/h1,6-7,10,12,25-26,33,47-48,63H,2,4,8-9,11,13-24,27,45-46H2,(H,58,59)(H,49,53,55)/b29-26-,39-35-.